The van der Waals surface area contributed by atoms with Crippen LogP contribution in [0.25, 0.3) is 0 Å². The van der Waals surface area contributed by atoms with Crippen molar-refractivity contribution in [3.8, 4) is 0 Å². The van der Waals surface area contributed by atoms with Crippen LogP contribution in [0.5, 0.6) is 0 Å². The van der Waals surface area contributed by atoms with E-state index in [9.17, 15) is 0 Å². The quantitative estimate of drug-likeness (QED) is 0.501. The zero-order chi connectivity index (χ0) is 19.8. The molecule has 4 rings (SSSR count). The molecule has 2 aromatic carbocycles. The zero-order valence-corrected chi connectivity index (χ0v) is 17.5. The SMILES string of the molecule is CCC1=CB(c2c(C)cc(C)cc2C)c2ccccc2N1c1cccc[n+]1C. The van der Waals surface area contributed by atoms with E-state index in [1.165, 1.54) is 44.8 Å². The number of anilines is 2. The third kappa shape index (κ3) is 3.05. The molecule has 2 heterocycles. The summed E-state index contributed by atoms with van der Waals surface area (Å²) in [6.45, 7) is 9.23. The second-order valence-corrected chi connectivity index (χ2v) is 7.87. The molecule has 140 valence electrons. The van der Waals surface area contributed by atoms with E-state index in [1.807, 2.05) is 0 Å². The lowest BCUT2D eigenvalue weighted by molar-refractivity contribution is -0.658. The molecule has 1 aliphatic rings. The van der Waals surface area contributed by atoms with Gasteiger partial charge in [-0.25, -0.2) is 4.57 Å². The van der Waals surface area contributed by atoms with Gasteiger partial charge < -0.3 is 0 Å². The maximum Gasteiger partial charge on any atom is 0.286 e. The predicted octanol–water partition coefficient (Wildman–Crippen LogP) is 4.03. The second kappa shape index (κ2) is 7.31. The highest BCUT2D eigenvalue weighted by atomic mass is 15.2. The Morgan fingerprint density at radius 2 is 1.61 bits per heavy atom. The molecule has 0 saturated carbocycles. The van der Waals surface area contributed by atoms with Crippen LogP contribution >= 0.6 is 0 Å². The second-order valence-electron chi connectivity index (χ2n) is 7.87. The lowest BCUT2D eigenvalue weighted by Crippen LogP contribution is -2.50. The Bertz CT molecular complexity index is 1040. The van der Waals surface area contributed by atoms with Crippen molar-refractivity contribution in [2.24, 2.45) is 7.05 Å². The van der Waals surface area contributed by atoms with Gasteiger partial charge in [-0.05, 0) is 38.4 Å². The molecule has 0 radical (unpaired) electrons. The van der Waals surface area contributed by atoms with Crippen molar-refractivity contribution in [3.05, 3.63) is 89.2 Å². The summed E-state index contributed by atoms with van der Waals surface area (Å²) in [6.07, 6.45) is 3.11. The van der Waals surface area contributed by atoms with Crippen LogP contribution in [-0.2, 0) is 7.05 Å². The van der Waals surface area contributed by atoms with Crippen LogP contribution in [0.4, 0.5) is 11.5 Å². The van der Waals surface area contributed by atoms with Crippen LogP contribution in [0.15, 0.2) is 72.5 Å². The third-order valence-electron chi connectivity index (χ3n) is 5.83. The normalized spacial score (nSPS) is 13.4. The molecule has 28 heavy (non-hydrogen) atoms. The van der Waals surface area contributed by atoms with Crippen molar-refractivity contribution >= 4 is 29.1 Å². The summed E-state index contributed by atoms with van der Waals surface area (Å²) in [5, 5.41) is 0. The van der Waals surface area contributed by atoms with Crippen molar-refractivity contribution in [3.63, 3.8) is 0 Å². The van der Waals surface area contributed by atoms with Gasteiger partial charge in [-0.3, -0.25) is 0 Å². The number of benzene rings is 2. The van der Waals surface area contributed by atoms with Crippen LogP contribution in [0.3, 0.4) is 0 Å². The monoisotopic (exact) mass is 367 g/mol. The molecule has 0 fully saturated rings. The minimum atomic E-state index is 0.289. The van der Waals surface area contributed by atoms with Crippen LogP contribution in [-0.4, -0.2) is 6.71 Å². The summed E-state index contributed by atoms with van der Waals surface area (Å²) in [5.41, 5.74) is 9.54. The number of hydrogen-bond acceptors (Lipinski definition) is 1. The Balaban J connectivity index is 1.96. The molecule has 0 aliphatic carbocycles. The number of allylic oxidation sites excluding steroid dienone is 1. The van der Waals surface area contributed by atoms with E-state index in [2.05, 4.69) is 111 Å². The van der Waals surface area contributed by atoms with E-state index in [4.69, 9.17) is 0 Å². The first-order valence-corrected chi connectivity index (χ1v) is 10.1. The first-order valence-electron chi connectivity index (χ1n) is 10.1. The minimum absolute atomic E-state index is 0.289. The lowest BCUT2D eigenvalue weighted by Gasteiger charge is -2.30. The average Bonchev–Trinajstić information content (AvgIpc) is 2.67. The van der Waals surface area contributed by atoms with E-state index in [1.54, 1.807) is 0 Å². The number of pyridine rings is 1. The molecule has 0 saturated heterocycles. The molecule has 2 nitrogen and oxygen atoms in total. The largest absolute Gasteiger partial charge is 0.286 e. The minimum Gasteiger partial charge on any atom is -0.237 e. The summed E-state index contributed by atoms with van der Waals surface area (Å²) < 4.78 is 2.20. The van der Waals surface area contributed by atoms with Gasteiger partial charge in [0.05, 0.1) is 18.9 Å². The Kier molecular flexibility index (Phi) is 4.84. The molecular weight excluding hydrogens is 339 g/mol. The summed E-state index contributed by atoms with van der Waals surface area (Å²) in [4.78, 5) is 2.42. The van der Waals surface area contributed by atoms with Gasteiger partial charge >= 0.3 is 0 Å². The molecule has 3 heteroatoms. The van der Waals surface area contributed by atoms with E-state index in [0.29, 0.717) is 0 Å². The molecule has 0 atom stereocenters. The number of para-hydroxylation sites is 1. The Morgan fingerprint density at radius 3 is 2.29 bits per heavy atom. The highest BCUT2D eigenvalue weighted by Crippen LogP contribution is 2.31. The number of aryl methyl sites for hydroxylation is 4. The van der Waals surface area contributed by atoms with Crippen molar-refractivity contribution in [2.45, 2.75) is 34.1 Å². The van der Waals surface area contributed by atoms with Gasteiger partial charge in [0.15, 0.2) is 0 Å². The summed E-state index contributed by atoms with van der Waals surface area (Å²) in [5.74, 6) is 3.67. The van der Waals surface area contributed by atoms with Crippen molar-refractivity contribution in [1.82, 2.24) is 0 Å². The summed E-state index contributed by atoms with van der Waals surface area (Å²) in [6, 6.07) is 19.9. The molecule has 1 aromatic heterocycles. The first kappa shape index (κ1) is 18.6. The number of aromatic nitrogens is 1. The Morgan fingerprint density at radius 1 is 0.929 bits per heavy atom. The first-order chi connectivity index (χ1) is 13.5. The van der Waals surface area contributed by atoms with Gasteiger partial charge in [0.2, 0.25) is 6.71 Å². The Labute approximate surface area is 169 Å². The molecule has 3 aromatic rings. The maximum absolute atomic E-state index is 2.47. The topological polar surface area (TPSA) is 7.12 Å². The van der Waals surface area contributed by atoms with E-state index < -0.39 is 0 Å². The third-order valence-corrected chi connectivity index (χ3v) is 5.83. The number of fused-ring (bicyclic) bond motifs is 1. The number of hydrogen-bond donors (Lipinski definition) is 0. The van der Waals surface area contributed by atoms with E-state index >= 15 is 0 Å². The fourth-order valence-electron chi connectivity index (χ4n) is 4.68. The van der Waals surface area contributed by atoms with E-state index in [-0.39, 0.29) is 6.71 Å². The molecule has 0 spiro atoms. The molecule has 0 N–H and O–H groups in total. The predicted molar refractivity (Wildman–Crippen MR) is 120 cm³/mol. The van der Waals surface area contributed by atoms with Crippen LogP contribution < -0.4 is 20.4 Å². The highest BCUT2D eigenvalue weighted by Gasteiger charge is 2.36. The zero-order valence-electron chi connectivity index (χ0n) is 17.5. The van der Waals surface area contributed by atoms with Crippen molar-refractivity contribution in [1.29, 1.82) is 0 Å². The Hall–Kier alpha value is -2.81. The molecule has 0 bridgehead atoms. The van der Waals surface area contributed by atoms with Crippen LogP contribution in [0, 0.1) is 20.8 Å². The number of nitrogens with zero attached hydrogens (tertiary/aromatic N) is 2. The van der Waals surface area contributed by atoms with Gasteiger partial charge in [-0.15, -0.1) is 0 Å². The van der Waals surface area contributed by atoms with Crippen LogP contribution in [0.1, 0.15) is 30.0 Å². The highest BCUT2D eigenvalue weighted by molar-refractivity contribution is 6.91. The van der Waals surface area contributed by atoms with Crippen molar-refractivity contribution < 1.29 is 4.57 Å². The smallest absolute Gasteiger partial charge is 0.237 e. The van der Waals surface area contributed by atoms with Gasteiger partial charge in [0.1, 0.15) is 5.69 Å². The molecule has 0 amide bonds. The van der Waals surface area contributed by atoms with Gasteiger partial charge in [-0.1, -0.05) is 71.5 Å². The fourth-order valence-corrected chi connectivity index (χ4v) is 4.68. The molecular formula is C25H28BN2+. The van der Waals surface area contributed by atoms with Gasteiger partial charge in [-0.2, -0.15) is 4.90 Å². The summed E-state index contributed by atoms with van der Waals surface area (Å²) >= 11 is 0. The van der Waals surface area contributed by atoms with Crippen LogP contribution in [0.2, 0.25) is 0 Å². The van der Waals surface area contributed by atoms with Crippen molar-refractivity contribution in [2.75, 3.05) is 4.90 Å². The van der Waals surface area contributed by atoms with Gasteiger partial charge in [0.25, 0.3) is 5.82 Å². The molecule has 1 aliphatic heterocycles. The van der Waals surface area contributed by atoms with Gasteiger partial charge in [0, 0.05) is 12.5 Å². The standard InChI is InChI=1S/C25H28BN2/c1-6-21-17-26(25-19(3)15-18(2)16-20(25)4)22-11-7-8-12-23(22)28(21)24-13-9-10-14-27(24)5/h7-17H,6H2,1-5H3/q+1. The molecule has 0 unspecified atom stereocenters. The van der Waals surface area contributed by atoms with E-state index in [0.717, 1.165) is 6.42 Å². The maximum atomic E-state index is 2.47. The average molecular weight is 367 g/mol. The fraction of sp³-hybridized carbons (Fsp3) is 0.240. The lowest BCUT2D eigenvalue weighted by atomic mass is 9.37. The number of rotatable bonds is 3. The summed E-state index contributed by atoms with van der Waals surface area (Å²) in [7, 11) is 2.12.